The molecule has 140 valence electrons. The van der Waals surface area contributed by atoms with Crippen LogP contribution in [0.4, 0.5) is 5.69 Å². The molecule has 3 aromatic carbocycles. The van der Waals surface area contributed by atoms with Crippen molar-refractivity contribution < 1.29 is 23.4 Å². The van der Waals surface area contributed by atoms with Crippen LogP contribution in [0.2, 0.25) is 0 Å². The quantitative estimate of drug-likeness (QED) is 0.566. The molecule has 6 nitrogen and oxygen atoms in total. The van der Waals surface area contributed by atoms with E-state index in [1.54, 1.807) is 31.4 Å². The number of ether oxygens (including phenoxy) is 3. The average Bonchev–Trinajstić information content (AvgIpc) is 3.10. The SMILES string of the molecule is COc1cc2c(cc1NC(=O)c1ccc3c(c1)OCCO3)oc1ccccc12. The van der Waals surface area contributed by atoms with Gasteiger partial charge in [0.25, 0.3) is 5.91 Å². The molecule has 28 heavy (non-hydrogen) atoms. The number of rotatable bonds is 3. The van der Waals surface area contributed by atoms with E-state index in [4.69, 9.17) is 18.6 Å². The lowest BCUT2D eigenvalue weighted by Gasteiger charge is -2.18. The van der Waals surface area contributed by atoms with Gasteiger partial charge >= 0.3 is 0 Å². The summed E-state index contributed by atoms with van der Waals surface area (Å²) in [5.74, 6) is 1.50. The highest BCUT2D eigenvalue weighted by molar-refractivity contribution is 6.10. The Balaban J connectivity index is 1.51. The maximum atomic E-state index is 12.8. The Hall–Kier alpha value is -3.67. The summed E-state index contributed by atoms with van der Waals surface area (Å²) in [5, 5.41) is 4.84. The number of amides is 1. The molecule has 0 saturated carbocycles. The molecule has 0 fully saturated rings. The van der Waals surface area contributed by atoms with Crippen LogP contribution in [0.5, 0.6) is 17.2 Å². The lowest BCUT2D eigenvalue weighted by atomic mass is 10.1. The monoisotopic (exact) mass is 375 g/mol. The summed E-state index contributed by atoms with van der Waals surface area (Å²) in [6.07, 6.45) is 0. The zero-order valence-electron chi connectivity index (χ0n) is 15.2. The van der Waals surface area contributed by atoms with Gasteiger partial charge in [-0.3, -0.25) is 4.79 Å². The summed E-state index contributed by atoms with van der Waals surface area (Å²) in [6.45, 7) is 0.974. The normalized spacial score (nSPS) is 12.9. The topological polar surface area (TPSA) is 69.9 Å². The van der Waals surface area contributed by atoms with Crippen molar-refractivity contribution in [2.24, 2.45) is 0 Å². The van der Waals surface area contributed by atoms with Crippen molar-refractivity contribution in [2.45, 2.75) is 0 Å². The zero-order chi connectivity index (χ0) is 19.1. The molecule has 0 atom stereocenters. The first-order valence-corrected chi connectivity index (χ1v) is 8.93. The van der Waals surface area contributed by atoms with Gasteiger partial charge in [0.2, 0.25) is 0 Å². The Labute approximate surface area is 160 Å². The van der Waals surface area contributed by atoms with Crippen molar-refractivity contribution in [1.82, 2.24) is 0 Å². The lowest BCUT2D eigenvalue weighted by molar-refractivity contribution is 0.102. The number of hydrogen-bond acceptors (Lipinski definition) is 5. The summed E-state index contributed by atoms with van der Waals surface area (Å²) in [4.78, 5) is 12.8. The van der Waals surface area contributed by atoms with E-state index in [0.29, 0.717) is 47.3 Å². The van der Waals surface area contributed by atoms with Crippen LogP contribution in [0.15, 0.2) is 59.0 Å². The van der Waals surface area contributed by atoms with Crippen LogP contribution in [0.1, 0.15) is 10.4 Å². The van der Waals surface area contributed by atoms with Crippen molar-refractivity contribution in [3.63, 3.8) is 0 Å². The molecule has 0 radical (unpaired) electrons. The Kier molecular flexibility index (Phi) is 3.83. The third-order valence-corrected chi connectivity index (χ3v) is 4.75. The van der Waals surface area contributed by atoms with Gasteiger partial charge in [0.05, 0.1) is 12.8 Å². The van der Waals surface area contributed by atoms with E-state index in [2.05, 4.69) is 5.32 Å². The van der Waals surface area contributed by atoms with E-state index in [9.17, 15) is 4.79 Å². The molecular formula is C22H17NO5. The fraction of sp³-hybridized carbons (Fsp3) is 0.136. The Morgan fingerprint density at radius 2 is 1.75 bits per heavy atom. The van der Waals surface area contributed by atoms with E-state index in [0.717, 1.165) is 16.4 Å². The Morgan fingerprint density at radius 3 is 2.61 bits per heavy atom. The highest BCUT2D eigenvalue weighted by Gasteiger charge is 2.18. The molecule has 0 spiro atoms. The number of benzene rings is 3. The molecule has 0 saturated heterocycles. The van der Waals surface area contributed by atoms with Crippen LogP contribution in [-0.4, -0.2) is 26.2 Å². The van der Waals surface area contributed by atoms with Crippen LogP contribution in [-0.2, 0) is 0 Å². The van der Waals surface area contributed by atoms with Crippen molar-refractivity contribution in [3.8, 4) is 17.2 Å². The van der Waals surface area contributed by atoms with E-state index in [1.165, 1.54) is 0 Å². The number of furan rings is 1. The van der Waals surface area contributed by atoms with Gasteiger partial charge in [-0.15, -0.1) is 0 Å². The second-order valence-electron chi connectivity index (χ2n) is 6.46. The van der Waals surface area contributed by atoms with Gasteiger partial charge < -0.3 is 23.9 Å². The van der Waals surface area contributed by atoms with Crippen molar-refractivity contribution in [1.29, 1.82) is 0 Å². The van der Waals surface area contributed by atoms with Gasteiger partial charge in [0, 0.05) is 22.4 Å². The van der Waals surface area contributed by atoms with E-state index < -0.39 is 0 Å². The first-order chi connectivity index (χ1) is 13.7. The molecule has 2 heterocycles. The second kappa shape index (κ2) is 6.49. The molecule has 1 amide bonds. The number of methoxy groups -OCH3 is 1. The largest absolute Gasteiger partial charge is 0.495 e. The Bertz CT molecular complexity index is 1210. The highest BCUT2D eigenvalue weighted by Crippen LogP contribution is 2.37. The number of fused-ring (bicyclic) bond motifs is 4. The standard InChI is InChI=1S/C22H17NO5/c1-25-20-11-15-14-4-2-3-5-17(14)28-19(15)12-16(20)23-22(24)13-6-7-18-21(10-13)27-9-8-26-18/h2-7,10-12H,8-9H2,1H3,(H,23,24). The van der Waals surface area contributed by atoms with Crippen LogP contribution >= 0.6 is 0 Å². The summed E-state index contributed by atoms with van der Waals surface area (Å²) < 4.78 is 22.5. The predicted molar refractivity (Wildman–Crippen MR) is 106 cm³/mol. The fourth-order valence-corrected chi connectivity index (χ4v) is 3.40. The maximum Gasteiger partial charge on any atom is 0.255 e. The van der Waals surface area contributed by atoms with E-state index >= 15 is 0 Å². The summed E-state index contributed by atoms with van der Waals surface area (Å²) >= 11 is 0. The minimum atomic E-state index is -0.272. The third-order valence-electron chi connectivity index (χ3n) is 4.75. The number of carbonyl (C=O) groups is 1. The molecule has 0 aliphatic carbocycles. The molecule has 1 aliphatic heterocycles. The first kappa shape index (κ1) is 16.5. The van der Waals surface area contributed by atoms with Crippen LogP contribution in [0, 0.1) is 0 Å². The number of nitrogens with one attached hydrogen (secondary N) is 1. The van der Waals surface area contributed by atoms with Gasteiger partial charge in [-0.2, -0.15) is 0 Å². The van der Waals surface area contributed by atoms with E-state index in [-0.39, 0.29) is 5.91 Å². The summed E-state index contributed by atoms with van der Waals surface area (Å²) in [7, 11) is 1.57. The lowest BCUT2D eigenvalue weighted by Crippen LogP contribution is -2.17. The molecule has 4 aromatic rings. The molecule has 1 N–H and O–H groups in total. The fourth-order valence-electron chi connectivity index (χ4n) is 3.40. The summed E-state index contributed by atoms with van der Waals surface area (Å²) in [6, 6.07) is 16.6. The molecule has 0 bridgehead atoms. The zero-order valence-corrected chi connectivity index (χ0v) is 15.2. The minimum absolute atomic E-state index is 0.272. The number of carbonyl (C=O) groups excluding carboxylic acids is 1. The molecular weight excluding hydrogens is 358 g/mol. The Morgan fingerprint density at radius 1 is 0.929 bits per heavy atom. The smallest absolute Gasteiger partial charge is 0.255 e. The predicted octanol–water partition coefficient (Wildman–Crippen LogP) is 4.62. The van der Waals surface area contributed by atoms with Gasteiger partial charge in [-0.25, -0.2) is 0 Å². The van der Waals surface area contributed by atoms with Crippen LogP contribution in [0.3, 0.4) is 0 Å². The minimum Gasteiger partial charge on any atom is -0.495 e. The van der Waals surface area contributed by atoms with Crippen molar-refractivity contribution in [3.05, 3.63) is 60.2 Å². The van der Waals surface area contributed by atoms with Gasteiger partial charge in [0.15, 0.2) is 11.5 Å². The second-order valence-corrected chi connectivity index (χ2v) is 6.46. The molecule has 0 unspecified atom stereocenters. The van der Waals surface area contributed by atoms with Gasteiger partial charge in [-0.1, -0.05) is 18.2 Å². The number of hydrogen-bond donors (Lipinski definition) is 1. The summed E-state index contributed by atoms with van der Waals surface area (Å²) in [5.41, 5.74) is 2.47. The molecule has 5 rings (SSSR count). The average molecular weight is 375 g/mol. The van der Waals surface area contributed by atoms with Crippen LogP contribution < -0.4 is 19.5 Å². The third kappa shape index (κ3) is 2.70. The molecule has 6 heteroatoms. The van der Waals surface area contributed by atoms with Crippen molar-refractivity contribution >= 4 is 33.5 Å². The highest BCUT2D eigenvalue weighted by atomic mass is 16.6. The number of para-hydroxylation sites is 1. The maximum absolute atomic E-state index is 12.8. The van der Waals surface area contributed by atoms with Crippen molar-refractivity contribution in [2.75, 3.05) is 25.6 Å². The molecule has 1 aliphatic rings. The first-order valence-electron chi connectivity index (χ1n) is 8.93. The number of anilines is 1. The van der Waals surface area contributed by atoms with E-state index in [1.807, 2.05) is 30.3 Å². The van der Waals surface area contributed by atoms with Gasteiger partial charge in [0.1, 0.15) is 30.1 Å². The van der Waals surface area contributed by atoms with Crippen LogP contribution in [0.25, 0.3) is 21.9 Å². The molecule has 1 aromatic heterocycles. The van der Waals surface area contributed by atoms with Gasteiger partial charge in [-0.05, 0) is 30.3 Å².